The zero-order valence-electron chi connectivity index (χ0n) is 17.2. The van der Waals surface area contributed by atoms with E-state index in [9.17, 15) is 0 Å². The topological polar surface area (TPSA) is 0 Å². The van der Waals surface area contributed by atoms with Gasteiger partial charge in [0.25, 0.3) is 0 Å². The highest BCUT2D eigenvalue weighted by Gasteiger charge is 2.10. The second kappa shape index (κ2) is 8.61. The summed E-state index contributed by atoms with van der Waals surface area (Å²) in [5, 5.41) is 1.66. The zero-order chi connectivity index (χ0) is 20.2. The summed E-state index contributed by atoms with van der Waals surface area (Å²) in [7, 11) is 0. The summed E-state index contributed by atoms with van der Waals surface area (Å²) in [5.41, 5.74) is 6.77. The van der Waals surface area contributed by atoms with Gasteiger partial charge in [0.05, 0.1) is 0 Å². The Morgan fingerprint density at radius 3 is 1.97 bits per heavy atom. The molecular formula is C28H27F. The number of benzene rings is 4. The number of aryl methyl sites for hydroxylation is 4. The van der Waals surface area contributed by atoms with Gasteiger partial charge in [-0.05, 0) is 53.8 Å². The van der Waals surface area contributed by atoms with E-state index in [0.29, 0.717) is 10.9 Å². The van der Waals surface area contributed by atoms with Crippen molar-refractivity contribution < 1.29 is 4.39 Å². The fourth-order valence-electron chi connectivity index (χ4n) is 3.90. The first-order chi connectivity index (χ1) is 14.1. The highest BCUT2D eigenvalue weighted by Crippen LogP contribution is 2.30. The number of halogens is 1. The largest absolute Gasteiger partial charge is 0.206 e. The van der Waals surface area contributed by atoms with Gasteiger partial charge in [-0.3, -0.25) is 0 Å². The first-order valence-electron chi connectivity index (χ1n) is 10.5. The molecule has 0 heterocycles. The standard InChI is InChI=1S/C28H27F/c1-3-4-21-7-9-22(10-8-21)11-12-23-13-17-27-25(19-23)16-18-26(28(27)29)24-14-5-20(2)6-15-24/h5-10,13-19H,3-4,11-12H2,1-2H3. The van der Waals surface area contributed by atoms with Crippen LogP contribution in [0, 0.1) is 12.7 Å². The van der Waals surface area contributed by atoms with Crippen LogP contribution in [0.3, 0.4) is 0 Å². The first-order valence-corrected chi connectivity index (χ1v) is 10.5. The molecule has 0 aliphatic carbocycles. The Morgan fingerprint density at radius 1 is 0.655 bits per heavy atom. The number of hydrogen-bond donors (Lipinski definition) is 0. The summed E-state index contributed by atoms with van der Waals surface area (Å²) < 4.78 is 15.1. The van der Waals surface area contributed by atoms with Crippen molar-refractivity contribution in [3.05, 3.63) is 107 Å². The minimum atomic E-state index is -0.135. The predicted octanol–water partition coefficient (Wildman–Crippen LogP) is 7.69. The fourth-order valence-corrected chi connectivity index (χ4v) is 3.90. The van der Waals surface area contributed by atoms with Gasteiger partial charge in [-0.15, -0.1) is 0 Å². The molecule has 0 unspecified atom stereocenters. The van der Waals surface area contributed by atoms with E-state index >= 15 is 4.39 Å². The Bertz CT molecular complexity index is 1110. The van der Waals surface area contributed by atoms with E-state index in [1.165, 1.54) is 28.7 Å². The average Bonchev–Trinajstić information content (AvgIpc) is 2.74. The second-order valence-corrected chi connectivity index (χ2v) is 7.92. The molecule has 4 aromatic rings. The third-order valence-electron chi connectivity index (χ3n) is 5.65. The van der Waals surface area contributed by atoms with Crippen LogP contribution in [0.1, 0.15) is 35.6 Å². The molecule has 0 aliphatic heterocycles. The van der Waals surface area contributed by atoms with E-state index in [2.05, 4.69) is 43.3 Å². The molecule has 0 fully saturated rings. The first kappa shape index (κ1) is 19.4. The summed E-state index contributed by atoms with van der Waals surface area (Å²) in [5.74, 6) is -0.135. The summed E-state index contributed by atoms with van der Waals surface area (Å²) >= 11 is 0. The average molecular weight is 383 g/mol. The van der Waals surface area contributed by atoms with E-state index in [0.717, 1.165) is 30.2 Å². The summed E-state index contributed by atoms with van der Waals surface area (Å²) in [4.78, 5) is 0. The van der Waals surface area contributed by atoms with Gasteiger partial charge in [0.1, 0.15) is 5.82 Å². The van der Waals surface area contributed by atoms with Crippen LogP contribution in [-0.4, -0.2) is 0 Å². The number of hydrogen-bond acceptors (Lipinski definition) is 0. The fraction of sp³-hybridized carbons (Fsp3) is 0.214. The van der Waals surface area contributed by atoms with Crippen molar-refractivity contribution in [1.82, 2.24) is 0 Å². The highest BCUT2D eigenvalue weighted by atomic mass is 19.1. The van der Waals surface area contributed by atoms with Gasteiger partial charge >= 0.3 is 0 Å². The molecule has 29 heavy (non-hydrogen) atoms. The van der Waals surface area contributed by atoms with Gasteiger partial charge < -0.3 is 0 Å². The van der Waals surface area contributed by atoms with Crippen LogP contribution < -0.4 is 0 Å². The lowest BCUT2D eigenvalue weighted by molar-refractivity contribution is 0.643. The number of fused-ring (bicyclic) bond motifs is 1. The lowest BCUT2D eigenvalue weighted by Gasteiger charge is -2.10. The molecule has 146 valence electrons. The van der Waals surface area contributed by atoms with Crippen molar-refractivity contribution in [3.63, 3.8) is 0 Å². The Morgan fingerprint density at radius 2 is 1.28 bits per heavy atom. The minimum absolute atomic E-state index is 0.135. The Balaban J connectivity index is 1.53. The van der Waals surface area contributed by atoms with Crippen LogP contribution in [0.4, 0.5) is 4.39 Å². The van der Waals surface area contributed by atoms with Crippen LogP contribution in [0.25, 0.3) is 21.9 Å². The van der Waals surface area contributed by atoms with E-state index in [1.807, 2.05) is 49.4 Å². The molecule has 1 heteroatoms. The second-order valence-electron chi connectivity index (χ2n) is 7.92. The summed E-state index contributed by atoms with van der Waals surface area (Å²) in [6.45, 7) is 4.25. The third-order valence-corrected chi connectivity index (χ3v) is 5.65. The maximum Gasteiger partial charge on any atom is 0.138 e. The monoisotopic (exact) mass is 382 g/mol. The molecule has 0 atom stereocenters. The van der Waals surface area contributed by atoms with Crippen molar-refractivity contribution in [3.8, 4) is 11.1 Å². The smallest absolute Gasteiger partial charge is 0.138 e. The Kier molecular flexibility index (Phi) is 5.76. The zero-order valence-corrected chi connectivity index (χ0v) is 17.2. The molecular weight excluding hydrogens is 355 g/mol. The predicted molar refractivity (Wildman–Crippen MR) is 122 cm³/mol. The van der Waals surface area contributed by atoms with Crippen LogP contribution in [0.5, 0.6) is 0 Å². The van der Waals surface area contributed by atoms with E-state index < -0.39 is 0 Å². The van der Waals surface area contributed by atoms with Gasteiger partial charge in [0.15, 0.2) is 0 Å². The van der Waals surface area contributed by atoms with Crippen molar-refractivity contribution in [2.24, 2.45) is 0 Å². The molecule has 0 aromatic heterocycles. The van der Waals surface area contributed by atoms with Crippen LogP contribution >= 0.6 is 0 Å². The van der Waals surface area contributed by atoms with E-state index in [1.54, 1.807) is 0 Å². The molecule has 0 bridgehead atoms. The van der Waals surface area contributed by atoms with Crippen LogP contribution in [-0.2, 0) is 19.3 Å². The van der Waals surface area contributed by atoms with Gasteiger partial charge in [0, 0.05) is 10.9 Å². The molecule has 4 aromatic carbocycles. The number of rotatable bonds is 6. The molecule has 0 spiro atoms. The van der Waals surface area contributed by atoms with Gasteiger partial charge in [-0.2, -0.15) is 0 Å². The lowest BCUT2D eigenvalue weighted by atomic mass is 9.96. The van der Waals surface area contributed by atoms with E-state index in [-0.39, 0.29) is 5.82 Å². The molecule has 0 aliphatic rings. The molecule has 0 nitrogen and oxygen atoms in total. The minimum Gasteiger partial charge on any atom is -0.206 e. The molecule has 0 amide bonds. The van der Waals surface area contributed by atoms with Crippen molar-refractivity contribution in [2.45, 2.75) is 39.5 Å². The molecule has 4 rings (SSSR count). The maximum absolute atomic E-state index is 15.1. The highest BCUT2D eigenvalue weighted by molar-refractivity contribution is 5.88. The van der Waals surface area contributed by atoms with E-state index in [4.69, 9.17) is 0 Å². The summed E-state index contributed by atoms with van der Waals surface area (Å²) in [6, 6.07) is 27.0. The molecule has 0 saturated carbocycles. The lowest BCUT2D eigenvalue weighted by Crippen LogP contribution is -1.93. The molecule has 0 N–H and O–H groups in total. The maximum atomic E-state index is 15.1. The summed E-state index contributed by atoms with van der Waals surface area (Å²) in [6.07, 6.45) is 4.28. The van der Waals surface area contributed by atoms with Crippen LogP contribution in [0.15, 0.2) is 78.9 Å². The van der Waals surface area contributed by atoms with Crippen molar-refractivity contribution in [2.75, 3.05) is 0 Å². The quantitative estimate of drug-likeness (QED) is 0.320. The van der Waals surface area contributed by atoms with Gasteiger partial charge in [0.2, 0.25) is 0 Å². The normalized spacial score (nSPS) is 11.1. The van der Waals surface area contributed by atoms with Gasteiger partial charge in [-0.25, -0.2) is 4.39 Å². The SMILES string of the molecule is CCCc1ccc(CCc2ccc3c(F)c(-c4ccc(C)cc4)ccc3c2)cc1. The third kappa shape index (κ3) is 4.40. The van der Waals surface area contributed by atoms with Gasteiger partial charge in [-0.1, -0.05) is 97.8 Å². The van der Waals surface area contributed by atoms with Crippen LogP contribution in [0.2, 0.25) is 0 Å². The molecule has 0 radical (unpaired) electrons. The van der Waals surface area contributed by atoms with Crippen molar-refractivity contribution >= 4 is 10.8 Å². The Labute approximate surface area is 173 Å². The Hall–Kier alpha value is -2.93. The molecule has 0 saturated heterocycles. The van der Waals surface area contributed by atoms with Crippen molar-refractivity contribution in [1.29, 1.82) is 0 Å².